The molecular weight excluding hydrogens is 406 g/mol. The van der Waals surface area contributed by atoms with Crippen molar-refractivity contribution >= 4 is 33.2 Å². The predicted molar refractivity (Wildman–Crippen MR) is 116 cm³/mol. The zero-order valence-electron chi connectivity index (χ0n) is 17.6. The smallest absolute Gasteiger partial charge is 0.262 e. The highest BCUT2D eigenvalue weighted by atomic mass is 32.2. The van der Waals surface area contributed by atoms with Gasteiger partial charge in [0.25, 0.3) is 10.0 Å². The summed E-state index contributed by atoms with van der Waals surface area (Å²) in [7, 11) is -2.36. The molecule has 8 nitrogen and oxygen atoms in total. The Labute approximate surface area is 177 Å². The number of methoxy groups -OCH3 is 1. The van der Waals surface area contributed by atoms with Crippen LogP contribution in [0.25, 0.3) is 0 Å². The van der Waals surface area contributed by atoms with Crippen molar-refractivity contribution in [2.75, 3.05) is 17.1 Å². The minimum absolute atomic E-state index is 0.0387. The Balaban J connectivity index is 2.26. The van der Waals surface area contributed by atoms with Crippen molar-refractivity contribution in [2.45, 2.75) is 38.6 Å². The first-order valence-corrected chi connectivity index (χ1v) is 10.9. The molecule has 2 rings (SSSR count). The molecule has 0 aliphatic carbocycles. The monoisotopic (exact) mass is 433 g/mol. The van der Waals surface area contributed by atoms with Crippen molar-refractivity contribution in [3.8, 4) is 5.75 Å². The Morgan fingerprint density at radius 3 is 2.13 bits per heavy atom. The third-order valence-corrected chi connectivity index (χ3v) is 5.92. The van der Waals surface area contributed by atoms with E-state index in [2.05, 4.69) is 15.4 Å². The van der Waals surface area contributed by atoms with E-state index < -0.39 is 22.0 Å². The maximum atomic E-state index is 12.9. The van der Waals surface area contributed by atoms with Crippen molar-refractivity contribution < 1.29 is 22.7 Å². The van der Waals surface area contributed by atoms with Crippen LogP contribution in [0.4, 0.5) is 11.4 Å². The van der Waals surface area contributed by atoms with Gasteiger partial charge in [0.2, 0.25) is 11.8 Å². The molecule has 0 bridgehead atoms. The molecule has 0 heterocycles. The van der Waals surface area contributed by atoms with Gasteiger partial charge in [-0.2, -0.15) is 0 Å². The van der Waals surface area contributed by atoms with Crippen LogP contribution in [0.5, 0.6) is 5.75 Å². The second-order valence-corrected chi connectivity index (χ2v) is 8.88. The third-order valence-electron chi connectivity index (χ3n) is 4.40. The fourth-order valence-corrected chi connectivity index (χ4v) is 4.14. The Morgan fingerprint density at radius 2 is 1.60 bits per heavy atom. The highest BCUT2D eigenvalue weighted by molar-refractivity contribution is 7.92. The molecule has 2 amide bonds. The molecular formula is C21H27N3O5S. The first kappa shape index (κ1) is 23.2. The van der Waals surface area contributed by atoms with E-state index in [0.29, 0.717) is 22.7 Å². The quantitative estimate of drug-likeness (QED) is 0.592. The SMILES string of the molecule is COc1ccc(NS(=O)(=O)c2cc(NC(=O)C(NC(C)=O)C(C)C)ccc2C)cc1. The minimum atomic E-state index is -3.89. The van der Waals surface area contributed by atoms with E-state index in [1.807, 2.05) is 13.8 Å². The Bertz CT molecular complexity index is 1020. The van der Waals surface area contributed by atoms with E-state index in [0.717, 1.165) is 0 Å². The molecule has 0 aliphatic heterocycles. The lowest BCUT2D eigenvalue weighted by molar-refractivity contribution is -0.126. The number of anilines is 2. The van der Waals surface area contributed by atoms with E-state index >= 15 is 0 Å². The van der Waals surface area contributed by atoms with Gasteiger partial charge < -0.3 is 15.4 Å². The first-order chi connectivity index (χ1) is 14.0. The van der Waals surface area contributed by atoms with Crippen LogP contribution in [-0.2, 0) is 19.6 Å². The van der Waals surface area contributed by atoms with E-state index in [4.69, 9.17) is 4.74 Å². The molecule has 0 saturated heterocycles. The summed E-state index contributed by atoms with van der Waals surface area (Å²) in [5.74, 6) is -0.271. The molecule has 30 heavy (non-hydrogen) atoms. The number of carbonyl (C=O) groups is 2. The van der Waals surface area contributed by atoms with Gasteiger partial charge in [0, 0.05) is 18.3 Å². The molecule has 1 atom stereocenters. The fourth-order valence-electron chi connectivity index (χ4n) is 2.81. The second kappa shape index (κ2) is 9.62. The molecule has 162 valence electrons. The maximum absolute atomic E-state index is 12.9. The van der Waals surface area contributed by atoms with Gasteiger partial charge in [-0.25, -0.2) is 8.42 Å². The first-order valence-electron chi connectivity index (χ1n) is 9.39. The third kappa shape index (κ3) is 5.96. The zero-order chi connectivity index (χ0) is 22.5. The van der Waals surface area contributed by atoms with Gasteiger partial charge >= 0.3 is 0 Å². The number of sulfonamides is 1. The number of hydrogen-bond donors (Lipinski definition) is 3. The number of amides is 2. The van der Waals surface area contributed by atoms with Gasteiger partial charge in [-0.15, -0.1) is 0 Å². The summed E-state index contributed by atoms with van der Waals surface area (Å²) in [4.78, 5) is 24.0. The molecule has 2 aromatic rings. The van der Waals surface area contributed by atoms with Crippen molar-refractivity contribution in [1.82, 2.24) is 5.32 Å². The van der Waals surface area contributed by atoms with Crippen molar-refractivity contribution in [1.29, 1.82) is 0 Å². The van der Waals surface area contributed by atoms with Gasteiger partial charge in [-0.05, 0) is 54.8 Å². The standard InChI is InChI=1S/C21H27N3O5S/c1-13(2)20(22-15(4)25)21(26)23-17-7-6-14(3)19(12-17)30(27,28)24-16-8-10-18(29-5)11-9-16/h6-13,20,24H,1-5H3,(H,22,25)(H,23,26). The van der Waals surface area contributed by atoms with Gasteiger partial charge in [-0.1, -0.05) is 19.9 Å². The van der Waals surface area contributed by atoms with Gasteiger partial charge in [0.1, 0.15) is 11.8 Å². The van der Waals surface area contributed by atoms with Crippen LogP contribution >= 0.6 is 0 Å². The molecule has 0 spiro atoms. The molecule has 0 radical (unpaired) electrons. The van der Waals surface area contributed by atoms with Crippen molar-refractivity contribution in [3.05, 3.63) is 48.0 Å². The number of nitrogens with one attached hydrogen (secondary N) is 3. The molecule has 0 aliphatic rings. The van der Waals surface area contributed by atoms with Crippen molar-refractivity contribution in [3.63, 3.8) is 0 Å². The lowest BCUT2D eigenvalue weighted by atomic mass is 10.0. The van der Waals surface area contributed by atoms with E-state index in [1.54, 1.807) is 43.3 Å². The highest BCUT2D eigenvalue weighted by Gasteiger charge is 2.24. The summed E-state index contributed by atoms with van der Waals surface area (Å²) in [6.45, 7) is 6.63. The van der Waals surface area contributed by atoms with Crippen LogP contribution in [0.15, 0.2) is 47.4 Å². The van der Waals surface area contributed by atoms with Crippen LogP contribution in [0, 0.1) is 12.8 Å². The highest BCUT2D eigenvalue weighted by Crippen LogP contribution is 2.24. The van der Waals surface area contributed by atoms with E-state index in [1.165, 1.54) is 20.1 Å². The number of benzene rings is 2. The number of aryl methyl sites for hydroxylation is 1. The summed E-state index contributed by atoms with van der Waals surface area (Å²) in [6.07, 6.45) is 0. The Morgan fingerprint density at radius 1 is 1.00 bits per heavy atom. The zero-order valence-corrected chi connectivity index (χ0v) is 18.5. The van der Waals surface area contributed by atoms with Crippen LogP contribution in [0.2, 0.25) is 0 Å². The summed E-state index contributed by atoms with van der Waals surface area (Å²) >= 11 is 0. The topological polar surface area (TPSA) is 114 Å². The van der Waals surface area contributed by atoms with Crippen LogP contribution < -0.4 is 20.1 Å². The maximum Gasteiger partial charge on any atom is 0.262 e. The summed E-state index contributed by atoms with van der Waals surface area (Å²) < 4.78 is 33.4. The Hall–Kier alpha value is -3.07. The Kier molecular flexibility index (Phi) is 7.44. The number of carbonyl (C=O) groups excluding carboxylic acids is 2. The number of ether oxygens (including phenoxy) is 1. The normalized spacial score (nSPS) is 12.2. The predicted octanol–water partition coefficient (Wildman–Crippen LogP) is 2.90. The minimum Gasteiger partial charge on any atom is -0.497 e. The van der Waals surface area contributed by atoms with Crippen LogP contribution in [0.3, 0.4) is 0 Å². The molecule has 3 N–H and O–H groups in total. The number of hydrogen-bond acceptors (Lipinski definition) is 5. The largest absolute Gasteiger partial charge is 0.497 e. The van der Waals surface area contributed by atoms with Gasteiger partial charge in [0.15, 0.2) is 0 Å². The molecule has 1 unspecified atom stereocenters. The lowest BCUT2D eigenvalue weighted by Gasteiger charge is -2.21. The average Bonchev–Trinajstić information content (AvgIpc) is 2.67. The fraction of sp³-hybridized carbons (Fsp3) is 0.333. The van der Waals surface area contributed by atoms with Gasteiger partial charge in [-0.3, -0.25) is 14.3 Å². The summed E-state index contributed by atoms with van der Waals surface area (Å²) in [6, 6.07) is 10.4. The second-order valence-electron chi connectivity index (χ2n) is 7.23. The number of rotatable bonds is 8. The van der Waals surface area contributed by atoms with Gasteiger partial charge in [0.05, 0.1) is 12.0 Å². The molecule has 2 aromatic carbocycles. The molecule has 9 heteroatoms. The van der Waals surface area contributed by atoms with E-state index in [-0.39, 0.29) is 16.7 Å². The lowest BCUT2D eigenvalue weighted by Crippen LogP contribution is -2.46. The van der Waals surface area contributed by atoms with E-state index in [9.17, 15) is 18.0 Å². The van der Waals surface area contributed by atoms with Crippen molar-refractivity contribution in [2.24, 2.45) is 5.92 Å². The molecule has 0 fully saturated rings. The molecule has 0 aromatic heterocycles. The average molecular weight is 434 g/mol. The summed E-state index contributed by atoms with van der Waals surface area (Å²) in [5.41, 5.74) is 1.23. The van der Waals surface area contributed by atoms with Crippen LogP contribution in [-0.4, -0.2) is 33.4 Å². The van der Waals surface area contributed by atoms with Crippen LogP contribution in [0.1, 0.15) is 26.3 Å². The molecule has 0 saturated carbocycles. The summed E-state index contributed by atoms with van der Waals surface area (Å²) in [5, 5.41) is 5.29.